The molecule has 0 N–H and O–H groups in total. The molecule has 0 bridgehead atoms. The normalized spacial score (nSPS) is 11.3. The maximum absolute atomic E-state index is 6.11. The lowest BCUT2D eigenvalue weighted by atomic mass is 10.0. The fraction of sp³-hybridized carbons (Fsp3) is 0. The van der Waals surface area contributed by atoms with Gasteiger partial charge in [0.25, 0.3) is 0 Å². The number of nitrogens with zero attached hydrogens (tertiary/aromatic N) is 6. The van der Waals surface area contributed by atoms with Crippen LogP contribution in [0.3, 0.4) is 0 Å². The highest BCUT2D eigenvalue weighted by Crippen LogP contribution is 2.36. The first kappa shape index (κ1) is 32.0. The van der Waals surface area contributed by atoms with Gasteiger partial charge in [0.15, 0.2) is 34.9 Å². The van der Waals surface area contributed by atoms with Crippen molar-refractivity contribution in [1.29, 1.82) is 0 Å². The van der Waals surface area contributed by atoms with E-state index in [9.17, 15) is 0 Å². The van der Waals surface area contributed by atoms with Gasteiger partial charge in [-0.3, -0.25) is 0 Å². The third-order valence-electron chi connectivity index (χ3n) is 9.61. The van der Waals surface area contributed by atoms with E-state index in [0.29, 0.717) is 34.9 Å². The lowest BCUT2D eigenvalue weighted by Gasteiger charge is -2.13. The lowest BCUT2D eigenvalue weighted by molar-refractivity contribution is 0.669. The molecule has 7 nitrogen and oxygen atoms in total. The second kappa shape index (κ2) is 13.7. The summed E-state index contributed by atoms with van der Waals surface area (Å²) in [7, 11) is 0. The Labute approximate surface area is 316 Å². The Bertz CT molecular complexity index is 2920. The molecular formula is C48H30N6O. The number of para-hydroxylation sites is 1. The van der Waals surface area contributed by atoms with Gasteiger partial charge in [0.1, 0.15) is 11.2 Å². The quantitative estimate of drug-likeness (QED) is 0.163. The number of rotatable bonds is 7. The maximum Gasteiger partial charge on any atom is 0.164 e. The van der Waals surface area contributed by atoms with Crippen molar-refractivity contribution in [2.75, 3.05) is 0 Å². The summed E-state index contributed by atoms with van der Waals surface area (Å²) in [5.74, 6) is 3.33. The van der Waals surface area contributed by atoms with Gasteiger partial charge in [-0.2, -0.15) is 0 Å². The third kappa shape index (κ3) is 6.19. The van der Waals surface area contributed by atoms with Gasteiger partial charge in [-0.1, -0.05) is 158 Å². The van der Waals surface area contributed by atoms with Gasteiger partial charge in [0, 0.05) is 44.2 Å². The molecular weight excluding hydrogens is 677 g/mol. The van der Waals surface area contributed by atoms with Crippen LogP contribution in [0.4, 0.5) is 0 Å². The first-order valence-corrected chi connectivity index (χ1v) is 18.0. The molecule has 0 saturated carbocycles. The van der Waals surface area contributed by atoms with Crippen molar-refractivity contribution in [3.05, 3.63) is 182 Å². The largest absolute Gasteiger partial charge is 0.456 e. The van der Waals surface area contributed by atoms with Gasteiger partial charge < -0.3 is 4.42 Å². The molecule has 7 heteroatoms. The molecule has 258 valence electrons. The summed E-state index contributed by atoms with van der Waals surface area (Å²) in [6.07, 6.45) is 0. The number of hydrogen-bond acceptors (Lipinski definition) is 7. The van der Waals surface area contributed by atoms with E-state index in [1.165, 1.54) is 0 Å². The average Bonchev–Trinajstić information content (AvgIpc) is 3.65. The SMILES string of the molecule is c1ccc(-c2nc(-c3ccccc3)nc(-c3ccccc3-c3nc(-c4ccccc4)nc(-c4cccc(-c5ccc6oc7ccccc7c6c5)c4)n3)n2)cc1. The maximum atomic E-state index is 6.11. The highest BCUT2D eigenvalue weighted by atomic mass is 16.3. The van der Waals surface area contributed by atoms with Gasteiger partial charge in [0.05, 0.1) is 0 Å². The minimum atomic E-state index is 0.513. The fourth-order valence-electron chi connectivity index (χ4n) is 6.89. The number of aromatic nitrogens is 6. The van der Waals surface area contributed by atoms with E-state index in [2.05, 4.69) is 30.3 Å². The summed E-state index contributed by atoms with van der Waals surface area (Å²) in [6.45, 7) is 0. The number of hydrogen-bond donors (Lipinski definition) is 0. The monoisotopic (exact) mass is 706 g/mol. The first-order chi connectivity index (χ1) is 27.2. The zero-order chi connectivity index (χ0) is 36.6. The Morgan fingerprint density at radius 1 is 0.255 bits per heavy atom. The molecule has 0 saturated heterocycles. The smallest absolute Gasteiger partial charge is 0.164 e. The molecule has 55 heavy (non-hydrogen) atoms. The molecule has 0 aliphatic heterocycles. The minimum Gasteiger partial charge on any atom is -0.456 e. The van der Waals surface area contributed by atoms with Crippen LogP contribution >= 0.6 is 0 Å². The highest BCUT2D eigenvalue weighted by Gasteiger charge is 2.19. The Balaban J connectivity index is 1.13. The van der Waals surface area contributed by atoms with E-state index in [0.717, 1.165) is 66.4 Å². The van der Waals surface area contributed by atoms with Crippen molar-refractivity contribution in [1.82, 2.24) is 29.9 Å². The molecule has 0 aliphatic carbocycles. The molecule has 0 atom stereocenters. The van der Waals surface area contributed by atoms with Crippen molar-refractivity contribution in [2.45, 2.75) is 0 Å². The molecule has 3 heterocycles. The van der Waals surface area contributed by atoms with Crippen molar-refractivity contribution in [3.8, 4) is 79.5 Å². The van der Waals surface area contributed by atoms with E-state index >= 15 is 0 Å². The number of benzene rings is 7. The zero-order valence-corrected chi connectivity index (χ0v) is 29.4. The van der Waals surface area contributed by atoms with E-state index in [4.69, 9.17) is 34.3 Å². The molecule has 3 aromatic heterocycles. The van der Waals surface area contributed by atoms with Crippen LogP contribution in [0, 0.1) is 0 Å². The minimum absolute atomic E-state index is 0.513. The molecule has 0 spiro atoms. The second-order valence-electron chi connectivity index (χ2n) is 13.1. The Morgan fingerprint density at radius 2 is 0.655 bits per heavy atom. The molecule has 10 aromatic rings. The molecule has 0 radical (unpaired) electrons. The highest BCUT2D eigenvalue weighted by molar-refractivity contribution is 6.06. The summed E-state index contributed by atoms with van der Waals surface area (Å²) in [5, 5.41) is 2.17. The van der Waals surface area contributed by atoms with Crippen molar-refractivity contribution in [3.63, 3.8) is 0 Å². The molecule has 7 aromatic carbocycles. The molecule has 0 fully saturated rings. The van der Waals surface area contributed by atoms with Crippen LogP contribution < -0.4 is 0 Å². The van der Waals surface area contributed by atoms with Gasteiger partial charge in [-0.15, -0.1) is 0 Å². The van der Waals surface area contributed by atoms with Crippen LogP contribution in [-0.2, 0) is 0 Å². The Hall–Kier alpha value is -7.64. The van der Waals surface area contributed by atoms with Gasteiger partial charge >= 0.3 is 0 Å². The van der Waals surface area contributed by atoms with Gasteiger partial charge in [0.2, 0.25) is 0 Å². The van der Waals surface area contributed by atoms with Crippen LogP contribution in [0.25, 0.3) is 101 Å². The van der Waals surface area contributed by atoms with Crippen molar-refractivity contribution < 1.29 is 4.42 Å². The lowest BCUT2D eigenvalue weighted by Crippen LogP contribution is -2.03. The van der Waals surface area contributed by atoms with E-state index in [1.807, 2.05) is 152 Å². The standard InChI is InChI=1S/C48H30N6O/c1-4-15-31(16-5-1)43-49-44(32-17-6-2-7-18-32)52-47(51-43)38-24-10-11-25-39(38)48-53-45(33-19-8-3-9-20-33)50-46(54-48)36-22-14-21-34(29-36)35-27-28-42-40(30-35)37-23-12-13-26-41(37)55-42/h1-30H. The predicted octanol–water partition coefficient (Wildman–Crippen LogP) is 11.6. The summed E-state index contributed by atoms with van der Waals surface area (Å²) < 4.78 is 6.11. The zero-order valence-electron chi connectivity index (χ0n) is 29.4. The Morgan fingerprint density at radius 3 is 1.22 bits per heavy atom. The number of fused-ring (bicyclic) bond motifs is 3. The average molecular weight is 707 g/mol. The molecule has 10 rings (SSSR count). The topological polar surface area (TPSA) is 90.5 Å². The van der Waals surface area contributed by atoms with E-state index < -0.39 is 0 Å². The molecule has 0 amide bonds. The number of furan rings is 1. The van der Waals surface area contributed by atoms with Crippen LogP contribution in [0.1, 0.15) is 0 Å². The first-order valence-electron chi connectivity index (χ1n) is 18.0. The van der Waals surface area contributed by atoms with Crippen molar-refractivity contribution in [2.24, 2.45) is 0 Å². The fourth-order valence-corrected chi connectivity index (χ4v) is 6.89. The van der Waals surface area contributed by atoms with Crippen molar-refractivity contribution >= 4 is 21.9 Å². The van der Waals surface area contributed by atoms with E-state index in [-0.39, 0.29) is 0 Å². The van der Waals surface area contributed by atoms with Crippen LogP contribution in [-0.4, -0.2) is 29.9 Å². The van der Waals surface area contributed by atoms with E-state index in [1.54, 1.807) is 0 Å². The van der Waals surface area contributed by atoms with Gasteiger partial charge in [-0.05, 0) is 35.4 Å². The summed E-state index contributed by atoms with van der Waals surface area (Å²) in [6, 6.07) is 60.7. The molecule has 0 unspecified atom stereocenters. The summed E-state index contributed by atoms with van der Waals surface area (Å²) in [5.41, 5.74) is 8.96. The predicted molar refractivity (Wildman–Crippen MR) is 219 cm³/mol. The summed E-state index contributed by atoms with van der Waals surface area (Å²) >= 11 is 0. The second-order valence-corrected chi connectivity index (χ2v) is 13.1. The summed E-state index contributed by atoms with van der Waals surface area (Å²) in [4.78, 5) is 30.2. The third-order valence-corrected chi connectivity index (χ3v) is 9.61. The van der Waals surface area contributed by atoms with Crippen LogP contribution in [0.2, 0.25) is 0 Å². The van der Waals surface area contributed by atoms with Crippen LogP contribution in [0.15, 0.2) is 186 Å². The Kier molecular flexibility index (Phi) is 8.00. The van der Waals surface area contributed by atoms with Crippen LogP contribution in [0.5, 0.6) is 0 Å². The van der Waals surface area contributed by atoms with Gasteiger partial charge in [-0.25, -0.2) is 29.9 Å². The molecule has 0 aliphatic rings.